The Kier molecular flexibility index (Phi) is 7.25. The number of pyridine rings is 1. The van der Waals surface area contributed by atoms with Crippen molar-refractivity contribution in [2.45, 2.75) is 25.9 Å². The molecule has 4 rings (SSSR count). The second-order valence-electron chi connectivity index (χ2n) is 7.91. The highest BCUT2D eigenvalue weighted by Crippen LogP contribution is 2.40. The Balaban J connectivity index is 1.71. The predicted molar refractivity (Wildman–Crippen MR) is 126 cm³/mol. The summed E-state index contributed by atoms with van der Waals surface area (Å²) in [6, 6.07) is 8.33. The van der Waals surface area contributed by atoms with E-state index in [9.17, 15) is 4.39 Å². The number of allylic oxidation sites excluding steroid dienone is 1. The molecule has 0 aliphatic carbocycles. The summed E-state index contributed by atoms with van der Waals surface area (Å²) in [5.74, 6) is 1.92. The first-order valence-electron chi connectivity index (χ1n) is 10.9. The smallest absolute Gasteiger partial charge is 0.232 e. The zero-order valence-corrected chi connectivity index (χ0v) is 19.5. The van der Waals surface area contributed by atoms with E-state index in [1.54, 1.807) is 25.4 Å². The zero-order chi connectivity index (χ0) is 23.4. The number of aromatic nitrogens is 4. The highest BCUT2D eigenvalue weighted by Gasteiger charge is 2.37. The second kappa shape index (κ2) is 10.3. The highest BCUT2D eigenvalue weighted by molar-refractivity contribution is 6.31. The van der Waals surface area contributed by atoms with Crippen LogP contribution in [0.3, 0.4) is 0 Å². The van der Waals surface area contributed by atoms with Crippen molar-refractivity contribution in [3.05, 3.63) is 71.4 Å². The van der Waals surface area contributed by atoms with Crippen LogP contribution in [0.4, 0.5) is 10.3 Å². The zero-order valence-electron chi connectivity index (χ0n) is 18.7. The van der Waals surface area contributed by atoms with Gasteiger partial charge < -0.3 is 14.4 Å². The standard InChI is InChI=1S/C24H27ClFN5O2/c1-4-6-16-13-30(14-20(16)19-9-7-17(26)11-21(19)25)24-29-28-22(15-33-5-2)31(24)18-8-10-23(32-3)27-12-18/h4,7-12,16,20H,1,5-6,13-15H2,2-3H3/t16-,20-/m0/s1. The third-order valence-corrected chi connectivity index (χ3v) is 6.22. The van der Waals surface area contributed by atoms with Crippen LogP contribution < -0.4 is 9.64 Å². The lowest BCUT2D eigenvalue weighted by Crippen LogP contribution is -2.24. The molecule has 3 heterocycles. The average Bonchev–Trinajstić information content (AvgIpc) is 3.42. The molecule has 3 aromatic rings. The molecule has 174 valence electrons. The molecule has 0 amide bonds. The van der Waals surface area contributed by atoms with Gasteiger partial charge in [0.25, 0.3) is 0 Å². The number of anilines is 1. The van der Waals surface area contributed by atoms with Gasteiger partial charge in [-0.1, -0.05) is 23.7 Å². The van der Waals surface area contributed by atoms with Crippen molar-refractivity contribution in [1.82, 2.24) is 19.7 Å². The molecule has 2 atom stereocenters. The van der Waals surface area contributed by atoms with Crippen LogP contribution in [-0.2, 0) is 11.3 Å². The van der Waals surface area contributed by atoms with E-state index < -0.39 is 0 Å². The number of hydrogen-bond donors (Lipinski definition) is 0. The van der Waals surface area contributed by atoms with Crippen molar-refractivity contribution in [1.29, 1.82) is 0 Å². The first-order valence-corrected chi connectivity index (χ1v) is 11.3. The van der Waals surface area contributed by atoms with Gasteiger partial charge in [-0.15, -0.1) is 16.8 Å². The highest BCUT2D eigenvalue weighted by atomic mass is 35.5. The molecule has 7 nitrogen and oxygen atoms in total. The molecule has 9 heteroatoms. The largest absolute Gasteiger partial charge is 0.481 e. The minimum absolute atomic E-state index is 0.102. The van der Waals surface area contributed by atoms with Crippen molar-refractivity contribution in [3.8, 4) is 11.6 Å². The summed E-state index contributed by atoms with van der Waals surface area (Å²) < 4.78 is 26.4. The van der Waals surface area contributed by atoms with E-state index in [1.807, 2.05) is 23.6 Å². The van der Waals surface area contributed by atoms with Gasteiger partial charge in [-0.05, 0) is 43.0 Å². The number of hydrogen-bond acceptors (Lipinski definition) is 6. The minimum atomic E-state index is -0.341. The summed E-state index contributed by atoms with van der Waals surface area (Å²) >= 11 is 6.43. The maximum Gasteiger partial charge on any atom is 0.232 e. The maximum absolute atomic E-state index is 13.7. The van der Waals surface area contributed by atoms with Crippen LogP contribution >= 0.6 is 11.6 Å². The summed E-state index contributed by atoms with van der Waals surface area (Å²) in [6.45, 7) is 8.16. The van der Waals surface area contributed by atoms with E-state index in [1.165, 1.54) is 12.1 Å². The number of rotatable bonds is 9. The van der Waals surface area contributed by atoms with Gasteiger partial charge in [0, 0.05) is 36.7 Å². The van der Waals surface area contributed by atoms with Crippen molar-refractivity contribution in [3.63, 3.8) is 0 Å². The normalized spacial score (nSPS) is 18.0. The Hall–Kier alpha value is -2.97. The molecule has 0 spiro atoms. The van der Waals surface area contributed by atoms with Crippen LogP contribution in [0.5, 0.6) is 5.88 Å². The van der Waals surface area contributed by atoms with Crippen LogP contribution in [0, 0.1) is 11.7 Å². The first-order chi connectivity index (χ1) is 16.0. The van der Waals surface area contributed by atoms with Gasteiger partial charge in [0.15, 0.2) is 5.82 Å². The van der Waals surface area contributed by atoms with E-state index in [0.29, 0.717) is 42.4 Å². The summed E-state index contributed by atoms with van der Waals surface area (Å²) in [7, 11) is 1.58. The first kappa shape index (κ1) is 23.2. The Morgan fingerprint density at radius 2 is 2.09 bits per heavy atom. The number of methoxy groups -OCH3 is 1. The molecule has 1 aliphatic heterocycles. The minimum Gasteiger partial charge on any atom is -0.481 e. The van der Waals surface area contributed by atoms with Crippen LogP contribution in [0.2, 0.25) is 5.02 Å². The quantitative estimate of drug-likeness (QED) is 0.418. The fourth-order valence-electron chi connectivity index (χ4n) is 4.33. The van der Waals surface area contributed by atoms with E-state index in [4.69, 9.17) is 21.1 Å². The Bertz CT molecular complexity index is 1100. The fraction of sp³-hybridized carbons (Fsp3) is 0.375. The summed E-state index contributed by atoms with van der Waals surface area (Å²) in [6.07, 6.45) is 4.45. The SMILES string of the molecule is C=CC[C@H]1CN(c2nnc(COCC)n2-c2ccc(OC)nc2)C[C@@H]1c1ccc(F)cc1Cl. The lowest BCUT2D eigenvalue weighted by atomic mass is 9.87. The summed E-state index contributed by atoms with van der Waals surface area (Å²) in [5, 5.41) is 9.36. The van der Waals surface area contributed by atoms with Crippen LogP contribution in [-0.4, -0.2) is 46.6 Å². The van der Waals surface area contributed by atoms with Gasteiger partial charge in [0.1, 0.15) is 12.4 Å². The van der Waals surface area contributed by atoms with Gasteiger partial charge >= 0.3 is 0 Å². The van der Waals surface area contributed by atoms with Crippen molar-refractivity contribution in [2.24, 2.45) is 5.92 Å². The van der Waals surface area contributed by atoms with Crippen molar-refractivity contribution < 1.29 is 13.9 Å². The van der Waals surface area contributed by atoms with Gasteiger partial charge in [-0.2, -0.15) is 0 Å². The molecular weight excluding hydrogens is 445 g/mol. The molecule has 33 heavy (non-hydrogen) atoms. The number of benzene rings is 1. The lowest BCUT2D eigenvalue weighted by Gasteiger charge is -2.20. The molecule has 0 saturated carbocycles. The van der Waals surface area contributed by atoms with Crippen molar-refractivity contribution >= 4 is 17.5 Å². The molecule has 0 unspecified atom stereocenters. The van der Waals surface area contributed by atoms with E-state index in [2.05, 4.69) is 26.7 Å². The Morgan fingerprint density at radius 3 is 2.76 bits per heavy atom. The molecule has 2 aromatic heterocycles. The third kappa shape index (κ3) is 4.86. The van der Waals surface area contributed by atoms with Crippen LogP contribution in [0.1, 0.15) is 30.7 Å². The van der Waals surface area contributed by atoms with Gasteiger partial charge in [0.05, 0.1) is 19.0 Å². The number of ether oxygens (including phenoxy) is 2. The lowest BCUT2D eigenvalue weighted by molar-refractivity contribution is 0.127. The van der Waals surface area contributed by atoms with Gasteiger partial charge in [0.2, 0.25) is 11.8 Å². The predicted octanol–water partition coefficient (Wildman–Crippen LogP) is 4.80. The monoisotopic (exact) mass is 471 g/mol. The molecular formula is C24H27ClFN5O2. The molecule has 1 aliphatic rings. The van der Waals surface area contributed by atoms with Crippen LogP contribution in [0.25, 0.3) is 5.69 Å². The molecule has 1 fully saturated rings. The van der Waals surface area contributed by atoms with Crippen molar-refractivity contribution in [2.75, 3.05) is 31.7 Å². The van der Waals surface area contributed by atoms with E-state index in [-0.39, 0.29) is 17.7 Å². The topological polar surface area (TPSA) is 65.3 Å². The average molecular weight is 472 g/mol. The van der Waals surface area contributed by atoms with E-state index in [0.717, 1.165) is 24.2 Å². The van der Waals surface area contributed by atoms with Gasteiger partial charge in [-0.25, -0.2) is 9.37 Å². The second-order valence-corrected chi connectivity index (χ2v) is 8.32. The number of halogens is 2. The number of nitrogens with zero attached hydrogens (tertiary/aromatic N) is 5. The summed E-state index contributed by atoms with van der Waals surface area (Å²) in [4.78, 5) is 6.53. The summed E-state index contributed by atoms with van der Waals surface area (Å²) in [5.41, 5.74) is 1.74. The molecule has 1 saturated heterocycles. The molecule has 0 bridgehead atoms. The van der Waals surface area contributed by atoms with Gasteiger partial charge in [-0.3, -0.25) is 4.57 Å². The molecule has 0 radical (unpaired) electrons. The van der Waals surface area contributed by atoms with Crippen LogP contribution in [0.15, 0.2) is 49.2 Å². The third-order valence-electron chi connectivity index (χ3n) is 5.89. The van der Waals surface area contributed by atoms with E-state index >= 15 is 0 Å². The fourth-order valence-corrected chi connectivity index (χ4v) is 4.64. The molecule has 0 N–H and O–H groups in total. The Morgan fingerprint density at radius 1 is 1.24 bits per heavy atom. The molecule has 1 aromatic carbocycles. The maximum atomic E-state index is 13.7. The Labute approximate surface area is 197 Å².